The van der Waals surface area contributed by atoms with E-state index >= 15 is 0 Å². The summed E-state index contributed by atoms with van der Waals surface area (Å²) in [5.41, 5.74) is 1.13. The summed E-state index contributed by atoms with van der Waals surface area (Å²) in [6, 6.07) is 5.11. The number of nitrogens with one attached hydrogen (secondary N) is 2. The van der Waals surface area contributed by atoms with Crippen molar-refractivity contribution in [3.63, 3.8) is 0 Å². The molecule has 0 fully saturated rings. The zero-order valence-electron chi connectivity index (χ0n) is 12.6. The molecular formula is C14H17FN4O3S. The van der Waals surface area contributed by atoms with Gasteiger partial charge in [-0.3, -0.25) is 0 Å². The number of hydrogen-bond donors (Lipinski definition) is 3. The largest absolute Gasteiger partial charge is 0.394 e. The lowest BCUT2D eigenvalue weighted by atomic mass is 10.3. The first-order valence-corrected chi connectivity index (χ1v) is 8.20. The highest BCUT2D eigenvalue weighted by atomic mass is 32.3. The zero-order chi connectivity index (χ0) is 17.0. The molecule has 124 valence electrons. The Morgan fingerprint density at radius 2 is 2.13 bits per heavy atom. The highest BCUT2D eigenvalue weighted by molar-refractivity contribution is 7.86. The van der Waals surface area contributed by atoms with Crippen molar-refractivity contribution in [3.8, 4) is 0 Å². The number of anilines is 3. The van der Waals surface area contributed by atoms with Crippen molar-refractivity contribution in [2.24, 2.45) is 0 Å². The molecule has 2 rings (SSSR count). The smallest absolute Gasteiger partial charge is 0.332 e. The molecule has 0 aliphatic rings. The Labute approximate surface area is 133 Å². The Kier molecular flexibility index (Phi) is 5.12. The molecule has 0 bridgehead atoms. The molecule has 0 aliphatic carbocycles. The van der Waals surface area contributed by atoms with Crippen LogP contribution in [0.1, 0.15) is 12.5 Å². The first-order chi connectivity index (χ1) is 10.8. The molecule has 1 atom stereocenters. The van der Waals surface area contributed by atoms with Gasteiger partial charge < -0.3 is 15.7 Å². The normalized spacial score (nSPS) is 12.7. The van der Waals surface area contributed by atoms with Crippen LogP contribution < -0.4 is 10.6 Å². The lowest BCUT2D eigenvalue weighted by molar-refractivity contribution is 0.281. The Hall–Kier alpha value is -2.26. The van der Waals surface area contributed by atoms with Crippen LogP contribution in [0.25, 0.3) is 0 Å². The van der Waals surface area contributed by atoms with E-state index in [1.54, 1.807) is 19.2 Å². The maximum atomic E-state index is 13.0. The van der Waals surface area contributed by atoms with Crippen LogP contribution in [0.2, 0.25) is 0 Å². The van der Waals surface area contributed by atoms with Gasteiger partial charge in [-0.05, 0) is 32.0 Å². The van der Waals surface area contributed by atoms with Crippen LogP contribution in [-0.4, -0.2) is 36.1 Å². The van der Waals surface area contributed by atoms with E-state index in [9.17, 15) is 12.3 Å². The molecule has 23 heavy (non-hydrogen) atoms. The fourth-order valence-corrected chi connectivity index (χ4v) is 2.29. The van der Waals surface area contributed by atoms with Crippen LogP contribution in [0.4, 0.5) is 21.3 Å². The molecule has 1 aromatic heterocycles. The number of aryl methyl sites for hydroxylation is 1. The minimum absolute atomic E-state index is 0.0530. The summed E-state index contributed by atoms with van der Waals surface area (Å²) in [5, 5.41) is 14.9. The van der Waals surface area contributed by atoms with Crippen molar-refractivity contribution in [3.05, 3.63) is 36.0 Å². The van der Waals surface area contributed by atoms with Gasteiger partial charge in [0.05, 0.1) is 6.61 Å². The van der Waals surface area contributed by atoms with Crippen LogP contribution in [0, 0.1) is 6.92 Å². The number of benzene rings is 1. The van der Waals surface area contributed by atoms with Gasteiger partial charge in [-0.2, -0.15) is 13.4 Å². The second-order valence-electron chi connectivity index (χ2n) is 5.04. The lowest BCUT2D eigenvalue weighted by Gasteiger charge is -2.14. The molecule has 0 aliphatic heterocycles. The first kappa shape index (κ1) is 17.1. The van der Waals surface area contributed by atoms with Crippen molar-refractivity contribution in [1.82, 2.24) is 9.97 Å². The minimum atomic E-state index is -4.77. The van der Waals surface area contributed by atoms with E-state index in [1.165, 1.54) is 6.07 Å². The second-order valence-corrected chi connectivity index (χ2v) is 6.39. The van der Waals surface area contributed by atoms with Gasteiger partial charge in [-0.1, -0.05) is 6.07 Å². The van der Waals surface area contributed by atoms with Crippen molar-refractivity contribution >= 4 is 27.7 Å². The average Bonchev–Trinajstić information content (AvgIpc) is 2.50. The predicted molar refractivity (Wildman–Crippen MR) is 85.0 cm³/mol. The Balaban J connectivity index is 2.25. The molecule has 9 heteroatoms. The molecule has 0 unspecified atom stereocenters. The van der Waals surface area contributed by atoms with Gasteiger partial charge in [0.1, 0.15) is 10.7 Å². The molecule has 3 N–H and O–H groups in total. The van der Waals surface area contributed by atoms with Crippen LogP contribution in [0.15, 0.2) is 35.4 Å². The number of aromatic nitrogens is 2. The van der Waals surface area contributed by atoms with E-state index < -0.39 is 15.1 Å². The van der Waals surface area contributed by atoms with Crippen molar-refractivity contribution in [2.45, 2.75) is 24.8 Å². The molecular weight excluding hydrogens is 323 g/mol. The first-order valence-electron chi connectivity index (χ1n) is 6.82. The van der Waals surface area contributed by atoms with E-state index in [-0.39, 0.29) is 18.6 Å². The summed E-state index contributed by atoms with van der Waals surface area (Å²) in [6.07, 6.45) is 1.58. The highest BCUT2D eigenvalue weighted by Gasteiger charge is 2.13. The summed E-state index contributed by atoms with van der Waals surface area (Å²) >= 11 is 0. The molecule has 1 aromatic carbocycles. The molecule has 0 radical (unpaired) electrons. The number of halogens is 1. The predicted octanol–water partition coefficient (Wildman–Crippen LogP) is 1.98. The van der Waals surface area contributed by atoms with Gasteiger partial charge >= 0.3 is 10.2 Å². The van der Waals surface area contributed by atoms with Gasteiger partial charge in [-0.25, -0.2) is 4.98 Å². The van der Waals surface area contributed by atoms with E-state index in [0.717, 1.165) is 17.7 Å². The molecule has 0 spiro atoms. The fourth-order valence-electron chi connectivity index (χ4n) is 1.78. The topological polar surface area (TPSA) is 104 Å². The van der Waals surface area contributed by atoms with Crippen LogP contribution in [-0.2, 0) is 10.2 Å². The summed E-state index contributed by atoms with van der Waals surface area (Å²) in [7, 11) is -4.77. The maximum Gasteiger partial charge on any atom is 0.332 e. The van der Waals surface area contributed by atoms with Gasteiger partial charge in [0.25, 0.3) is 0 Å². The lowest BCUT2D eigenvalue weighted by Crippen LogP contribution is -2.21. The number of hydrogen-bond acceptors (Lipinski definition) is 7. The van der Waals surface area contributed by atoms with E-state index in [4.69, 9.17) is 5.11 Å². The number of aliphatic hydroxyl groups is 1. The summed E-state index contributed by atoms with van der Waals surface area (Å²) in [5.74, 6) is 0.759. The van der Waals surface area contributed by atoms with Crippen LogP contribution >= 0.6 is 0 Å². The second kappa shape index (κ2) is 6.88. The third-order valence-corrected chi connectivity index (χ3v) is 3.82. The number of nitrogens with zero attached hydrogens (tertiary/aromatic N) is 2. The van der Waals surface area contributed by atoms with Crippen LogP contribution in [0.3, 0.4) is 0 Å². The standard InChI is InChI=1S/C14H17FN4O3S/c1-9-7-16-14(19-13(9)17-10(2)8-20)18-11-4-3-5-12(6-11)23(15,21)22/h3-7,10,20H,8H2,1-2H3,(H2,16,17,18,19)/t10-/m1/s1. The minimum Gasteiger partial charge on any atom is -0.394 e. The monoisotopic (exact) mass is 340 g/mol. The van der Waals surface area contributed by atoms with Gasteiger partial charge in [0, 0.05) is 23.5 Å². The fraction of sp³-hybridized carbons (Fsp3) is 0.286. The van der Waals surface area contributed by atoms with E-state index in [2.05, 4.69) is 20.6 Å². The molecule has 0 saturated carbocycles. The average molecular weight is 340 g/mol. The third-order valence-electron chi connectivity index (χ3n) is 3.00. The maximum absolute atomic E-state index is 13.0. The molecule has 0 amide bonds. The van der Waals surface area contributed by atoms with Crippen molar-refractivity contribution in [2.75, 3.05) is 17.2 Å². The van der Waals surface area contributed by atoms with Crippen molar-refractivity contribution < 1.29 is 17.4 Å². The van der Waals surface area contributed by atoms with Crippen LogP contribution in [0.5, 0.6) is 0 Å². The highest BCUT2D eigenvalue weighted by Crippen LogP contribution is 2.21. The number of aliphatic hydroxyl groups excluding tert-OH is 1. The van der Waals surface area contributed by atoms with Gasteiger partial charge in [0.15, 0.2) is 0 Å². The molecule has 7 nitrogen and oxygen atoms in total. The SMILES string of the molecule is Cc1cnc(Nc2cccc(S(=O)(=O)F)c2)nc1N[C@H](C)CO. The molecule has 1 heterocycles. The van der Waals surface area contributed by atoms with E-state index in [0.29, 0.717) is 11.5 Å². The Bertz CT molecular complexity index is 798. The molecule has 2 aromatic rings. The quantitative estimate of drug-likeness (QED) is 0.691. The zero-order valence-corrected chi connectivity index (χ0v) is 13.4. The Morgan fingerprint density at radius 3 is 2.78 bits per heavy atom. The summed E-state index contributed by atoms with van der Waals surface area (Å²) in [6.45, 7) is 3.55. The van der Waals surface area contributed by atoms with E-state index in [1.807, 2.05) is 6.92 Å². The summed E-state index contributed by atoms with van der Waals surface area (Å²) < 4.78 is 34.9. The summed E-state index contributed by atoms with van der Waals surface area (Å²) in [4.78, 5) is 7.91. The Morgan fingerprint density at radius 1 is 1.39 bits per heavy atom. The third kappa shape index (κ3) is 4.60. The van der Waals surface area contributed by atoms with Gasteiger partial charge in [0.2, 0.25) is 5.95 Å². The number of rotatable bonds is 6. The van der Waals surface area contributed by atoms with Crippen molar-refractivity contribution in [1.29, 1.82) is 0 Å². The molecule has 0 saturated heterocycles. The van der Waals surface area contributed by atoms with Gasteiger partial charge in [-0.15, -0.1) is 3.89 Å².